The predicted octanol–water partition coefficient (Wildman–Crippen LogP) is 9.28. The van der Waals surface area contributed by atoms with Gasteiger partial charge in [-0.25, -0.2) is 28.1 Å². The van der Waals surface area contributed by atoms with Crippen LogP contribution in [0.4, 0.5) is 39.5 Å². The van der Waals surface area contributed by atoms with E-state index in [1.54, 1.807) is 0 Å². The molecule has 12 rings (SSSR count). The minimum absolute atomic E-state index is 0. The van der Waals surface area contributed by atoms with Gasteiger partial charge in [0.05, 0.1) is 16.7 Å². The van der Waals surface area contributed by atoms with Gasteiger partial charge in [-0.05, 0) is 145 Å². The molecule has 3 aliphatic carbocycles. The third-order valence-electron chi connectivity index (χ3n) is 15.3. The van der Waals surface area contributed by atoms with Crippen molar-refractivity contribution >= 4 is 44.0 Å². The molecule has 0 saturated heterocycles. The van der Waals surface area contributed by atoms with Crippen molar-refractivity contribution in [1.29, 1.82) is 0 Å². The largest absolute Gasteiger partial charge is 0.435 e. The van der Waals surface area contributed by atoms with Gasteiger partial charge in [0.25, 0.3) is 17.7 Å². The Kier molecular flexibility index (Phi) is 18.9. The van der Waals surface area contributed by atoms with Crippen LogP contribution in [0.1, 0.15) is 88.6 Å². The molecule has 25 heteroatoms. The molecule has 3 atom stereocenters. The van der Waals surface area contributed by atoms with E-state index in [2.05, 4.69) is 64.7 Å². The number of guanidine groups is 3. The average Bonchev–Trinajstić information content (AvgIpc) is 1.65. The molecule has 6 aromatic carbocycles. The molecule has 6 aromatic rings. The van der Waals surface area contributed by atoms with E-state index in [1.165, 1.54) is 163 Å². The molecule has 0 bridgehead atoms. The minimum atomic E-state index is -2.97. The summed E-state index contributed by atoms with van der Waals surface area (Å²) in [5.74, 6) is 15.3. The van der Waals surface area contributed by atoms with Crippen molar-refractivity contribution in [3.8, 4) is 52.8 Å². The van der Waals surface area contributed by atoms with Crippen LogP contribution in [-0.4, -0.2) is 99.7 Å². The zero-order chi connectivity index (χ0) is 64.4. The Morgan fingerprint density at radius 3 is 0.813 bits per heavy atom. The first-order chi connectivity index (χ1) is 42.9. The molecule has 3 heterocycles. The van der Waals surface area contributed by atoms with Crippen LogP contribution in [0, 0.1) is 70.7 Å². The highest BCUT2D eigenvalue weighted by Crippen LogP contribution is 2.44. The van der Waals surface area contributed by atoms with Crippen LogP contribution >= 0.6 is 0 Å². The van der Waals surface area contributed by atoms with Gasteiger partial charge in [0.15, 0.2) is 34.5 Å². The number of benzene rings is 6. The summed E-state index contributed by atoms with van der Waals surface area (Å²) < 4.78 is 131. The molecule has 465 valence electrons. The van der Waals surface area contributed by atoms with Gasteiger partial charge in [-0.2, -0.15) is 26.3 Å². The lowest BCUT2D eigenvalue weighted by Crippen LogP contribution is -2.41. The van der Waals surface area contributed by atoms with Crippen molar-refractivity contribution in [2.45, 2.75) is 75.0 Å². The number of hydrogen-bond acceptors (Lipinski definition) is 12. The average molecular weight is 1250 g/mol. The van der Waals surface area contributed by atoms with Crippen molar-refractivity contribution < 1.29 is 68.1 Å². The Labute approximate surface area is 518 Å². The highest BCUT2D eigenvalue weighted by atomic mass is 19.3. The monoisotopic (exact) mass is 1250 g/mol. The smallest absolute Gasteiger partial charge is 0.387 e. The molecule has 3 saturated carbocycles. The highest BCUT2D eigenvalue weighted by Gasteiger charge is 2.52. The summed E-state index contributed by atoms with van der Waals surface area (Å²) in [5.41, 5.74) is 15.8. The van der Waals surface area contributed by atoms with Crippen LogP contribution < -0.4 is 31.4 Å². The first-order valence-corrected chi connectivity index (χ1v) is 27.9. The van der Waals surface area contributed by atoms with Gasteiger partial charge in [0.1, 0.15) is 34.7 Å². The van der Waals surface area contributed by atoms with Gasteiger partial charge in [-0.15, -0.1) is 0 Å². The van der Waals surface area contributed by atoms with Gasteiger partial charge < -0.3 is 31.4 Å². The molecule has 91 heavy (non-hydrogen) atoms. The third kappa shape index (κ3) is 13.6. The fourth-order valence-electron chi connectivity index (χ4n) is 9.95. The Balaban J connectivity index is 0.000000161. The van der Waals surface area contributed by atoms with Gasteiger partial charge in [0.2, 0.25) is 0 Å². The summed E-state index contributed by atoms with van der Waals surface area (Å²) in [6.07, 6.45) is 5.97. The van der Waals surface area contributed by atoms with Crippen molar-refractivity contribution in [3.63, 3.8) is 0 Å². The van der Waals surface area contributed by atoms with Gasteiger partial charge in [-0.3, -0.25) is 29.1 Å². The summed E-state index contributed by atoms with van der Waals surface area (Å²) in [5, 5.41) is 0. The number of rotatable bonds is 12. The molecule has 3 radical (unpaired) electrons. The van der Waals surface area contributed by atoms with Gasteiger partial charge in [-0.1, -0.05) is 90.1 Å². The first-order valence-electron chi connectivity index (χ1n) is 27.9. The van der Waals surface area contributed by atoms with Crippen molar-refractivity contribution in [2.24, 2.45) is 49.9 Å². The number of likely N-dealkylation sites (N-methyl/N-ethyl adjacent to an activating group) is 3. The topological polar surface area (TPSA) is 204 Å². The van der Waals surface area contributed by atoms with E-state index in [9.17, 15) is 53.9 Å². The Morgan fingerprint density at radius 2 is 0.626 bits per heavy atom. The second kappa shape index (κ2) is 26.4. The van der Waals surface area contributed by atoms with Crippen molar-refractivity contribution in [3.05, 3.63) is 195 Å². The number of carbonyl (C=O) groups is 3. The molecule has 3 aliphatic heterocycles. The summed E-state index contributed by atoms with van der Waals surface area (Å²) in [7, 11) is 4.44. The molecule has 1 unspecified atom stereocenters. The lowest BCUT2D eigenvalue weighted by atomic mass is 9.82. The molecule has 3 fully saturated rings. The quantitative estimate of drug-likeness (QED) is 0.0606. The zero-order valence-electron chi connectivity index (χ0n) is 48.7. The normalized spacial score (nSPS) is 20.5. The number of ether oxygens (including phenoxy) is 3. The standard InChI is InChI=1S/3C22H18F3N3O2.B/c3*1-28-19(29)22(27-21(28)26,15-6-9-17(10-7-15)30-20(24)25)16-8-11-18(23)14(12-16)5-4-13-2-3-13;/h3*6-13,20H,2-3H2,1H3,(H2,26,27);/t2*22-;;/m10../s1. The van der Waals surface area contributed by atoms with Crippen LogP contribution in [0.3, 0.4) is 0 Å². The number of hydrogen-bond donors (Lipinski definition) is 3. The van der Waals surface area contributed by atoms with Gasteiger partial charge in [0, 0.05) is 47.3 Å². The fourth-order valence-corrected chi connectivity index (χ4v) is 9.95. The number of amides is 3. The van der Waals surface area contributed by atoms with E-state index < -0.39 is 71.6 Å². The number of alkyl halides is 6. The number of aliphatic imine (C=N–C) groups is 3. The maximum Gasteiger partial charge on any atom is 0.387 e. The number of carbonyl (C=O) groups excluding carboxylic acids is 3. The number of nitrogens with zero attached hydrogens (tertiary/aromatic N) is 6. The van der Waals surface area contributed by atoms with Crippen molar-refractivity contribution in [2.75, 3.05) is 21.1 Å². The van der Waals surface area contributed by atoms with E-state index >= 15 is 0 Å². The molecule has 15 nitrogen and oxygen atoms in total. The van der Waals surface area contributed by atoms with E-state index in [-0.39, 0.29) is 78.0 Å². The molecule has 0 aromatic heterocycles. The van der Waals surface area contributed by atoms with Crippen LogP contribution in [0.25, 0.3) is 0 Å². The summed E-state index contributed by atoms with van der Waals surface area (Å²) in [4.78, 5) is 56.5. The van der Waals surface area contributed by atoms with Gasteiger partial charge >= 0.3 is 19.8 Å². The maximum absolute atomic E-state index is 14.3. The second-order valence-electron chi connectivity index (χ2n) is 21.6. The van der Waals surface area contributed by atoms with E-state index in [0.717, 1.165) is 38.5 Å². The lowest BCUT2D eigenvalue weighted by Gasteiger charge is -2.26. The SMILES string of the molecule is CN1C(=O)C(c2ccc(OC(F)F)cc2)(c2ccc(F)c(C#CC3CC3)c2)N=C1N.CN1C(=O)[C@@](c2ccc(OC(F)F)cc2)(c2ccc(F)c(C#CC3CC3)c2)N=C1N.CN1C(=O)[C@](c2ccc(OC(F)F)cc2)(c2ccc(F)c(C#CC3CC3)c2)N=C1N.[B]. The number of halogens is 9. The molecule has 3 amide bonds. The number of nitrogens with two attached hydrogens (primary N) is 3. The Morgan fingerprint density at radius 1 is 0.407 bits per heavy atom. The fraction of sp³-hybridized carbons (Fsp3) is 0.273. The summed E-state index contributed by atoms with van der Waals surface area (Å²) in [6, 6.07) is 29.2. The zero-order valence-corrected chi connectivity index (χ0v) is 48.7. The Bertz CT molecular complexity index is 3680. The summed E-state index contributed by atoms with van der Waals surface area (Å²) >= 11 is 0. The third-order valence-corrected chi connectivity index (χ3v) is 15.3. The molecule has 0 spiro atoms. The van der Waals surface area contributed by atoms with E-state index in [4.69, 9.17) is 17.2 Å². The Hall–Kier alpha value is -10.3. The maximum atomic E-state index is 14.3. The van der Waals surface area contributed by atoms with Crippen LogP contribution in [0.15, 0.2) is 142 Å². The van der Waals surface area contributed by atoms with Crippen LogP contribution in [0.5, 0.6) is 17.2 Å². The van der Waals surface area contributed by atoms with E-state index in [1.807, 2.05) is 0 Å². The van der Waals surface area contributed by atoms with Crippen LogP contribution in [-0.2, 0) is 31.0 Å². The molecule has 6 aliphatic rings. The highest BCUT2D eigenvalue weighted by molar-refractivity contribution is 6.10. The molecular formula is C66H54BF9N9O6. The van der Waals surface area contributed by atoms with E-state index in [0.29, 0.717) is 33.4 Å². The lowest BCUT2D eigenvalue weighted by molar-refractivity contribution is -0.130. The second-order valence-corrected chi connectivity index (χ2v) is 21.6. The summed E-state index contributed by atoms with van der Waals surface area (Å²) in [6.45, 7) is -8.91. The predicted molar refractivity (Wildman–Crippen MR) is 318 cm³/mol. The van der Waals surface area contributed by atoms with Crippen molar-refractivity contribution in [1.82, 2.24) is 14.7 Å². The molecule has 6 N–H and O–H groups in total. The van der Waals surface area contributed by atoms with Crippen LogP contribution in [0.2, 0.25) is 0 Å². The molecular weight excluding hydrogens is 1200 g/mol. The minimum Gasteiger partial charge on any atom is -0.435 e. The first kappa shape index (κ1) is 65.1.